The molecule has 0 saturated carbocycles. The predicted octanol–water partition coefficient (Wildman–Crippen LogP) is 1.37. The lowest BCUT2D eigenvalue weighted by atomic mass is 10.1. The third-order valence-electron chi connectivity index (χ3n) is 4.05. The second kappa shape index (κ2) is 11.6. The second-order valence-corrected chi connectivity index (χ2v) is 6.25. The van der Waals surface area contributed by atoms with E-state index in [9.17, 15) is 19.2 Å². The maximum Gasteiger partial charge on any atom is 0.323 e. The van der Waals surface area contributed by atoms with E-state index in [1.807, 2.05) is 12.1 Å². The molecule has 1 atom stereocenters. The molecule has 0 radical (unpaired) electrons. The summed E-state index contributed by atoms with van der Waals surface area (Å²) < 4.78 is 4.53. The number of rotatable bonds is 12. The molecule has 1 rings (SSSR count). The Morgan fingerprint density at radius 2 is 1.79 bits per heavy atom. The molecule has 0 fully saturated rings. The fourth-order valence-electron chi connectivity index (χ4n) is 2.64. The Morgan fingerprint density at radius 3 is 2.39 bits per heavy atom. The predicted molar refractivity (Wildman–Crippen MR) is 101 cm³/mol. The van der Waals surface area contributed by atoms with Gasteiger partial charge in [0, 0.05) is 18.7 Å². The summed E-state index contributed by atoms with van der Waals surface area (Å²) >= 11 is 0. The topological polar surface area (TPSA) is 133 Å². The molecule has 0 aliphatic rings. The van der Waals surface area contributed by atoms with Crippen molar-refractivity contribution >= 4 is 29.5 Å². The van der Waals surface area contributed by atoms with Gasteiger partial charge in [-0.3, -0.25) is 19.2 Å². The fourth-order valence-corrected chi connectivity index (χ4v) is 2.64. The van der Waals surface area contributed by atoms with Crippen molar-refractivity contribution in [3.63, 3.8) is 0 Å². The number of benzene rings is 1. The second-order valence-electron chi connectivity index (χ2n) is 6.25. The molecule has 0 saturated heterocycles. The highest BCUT2D eigenvalue weighted by atomic mass is 16.5. The maximum atomic E-state index is 12.7. The van der Waals surface area contributed by atoms with E-state index in [1.165, 1.54) is 7.11 Å². The molecule has 154 valence electrons. The number of hydrogen-bond acceptors (Lipinski definition) is 6. The first-order valence-corrected chi connectivity index (χ1v) is 8.88. The van der Waals surface area contributed by atoms with Crippen molar-refractivity contribution in [2.45, 2.75) is 38.6 Å². The minimum atomic E-state index is -1.18. The van der Waals surface area contributed by atoms with E-state index in [1.54, 1.807) is 19.1 Å². The molecule has 0 unspecified atom stereocenters. The minimum Gasteiger partial charge on any atom is -0.481 e. The molecule has 1 amide bonds. The van der Waals surface area contributed by atoms with E-state index in [0.29, 0.717) is 18.5 Å². The zero-order valence-electron chi connectivity index (χ0n) is 16.0. The van der Waals surface area contributed by atoms with E-state index in [2.05, 4.69) is 10.1 Å². The lowest BCUT2D eigenvalue weighted by molar-refractivity contribution is -0.147. The maximum absolute atomic E-state index is 12.7. The van der Waals surface area contributed by atoms with Gasteiger partial charge in [-0.2, -0.15) is 0 Å². The van der Waals surface area contributed by atoms with Gasteiger partial charge >= 0.3 is 17.9 Å². The Morgan fingerprint density at radius 1 is 1.11 bits per heavy atom. The molecule has 1 aromatic carbocycles. The number of nitrogens with zero attached hydrogens (tertiary/aromatic N) is 1. The summed E-state index contributed by atoms with van der Waals surface area (Å²) in [5.74, 6) is -3.05. The Hall–Kier alpha value is -3.10. The summed E-state index contributed by atoms with van der Waals surface area (Å²) in [6, 6.07) is 6.48. The number of methoxy groups -OCH3 is 1. The van der Waals surface area contributed by atoms with E-state index in [-0.39, 0.29) is 19.4 Å². The van der Waals surface area contributed by atoms with E-state index >= 15 is 0 Å². The first kappa shape index (κ1) is 22.9. The average molecular weight is 394 g/mol. The number of esters is 1. The average Bonchev–Trinajstić information content (AvgIpc) is 2.64. The van der Waals surface area contributed by atoms with Crippen molar-refractivity contribution in [2.24, 2.45) is 0 Å². The van der Waals surface area contributed by atoms with Gasteiger partial charge in [-0.15, -0.1) is 0 Å². The SMILES string of the molecule is COC(=O)CCN(CC(=O)O)C(=O)[C@H](C)Nc1ccccc1CCCC(=O)O. The van der Waals surface area contributed by atoms with Crippen LogP contribution in [0.3, 0.4) is 0 Å². The molecular weight excluding hydrogens is 368 g/mol. The Labute approximate surface area is 163 Å². The van der Waals surface area contributed by atoms with Crippen LogP contribution in [0.25, 0.3) is 0 Å². The molecule has 3 N–H and O–H groups in total. The first-order valence-electron chi connectivity index (χ1n) is 8.88. The van der Waals surface area contributed by atoms with Crippen LogP contribution >= 0.6 is 0 Å². The lowest BCUT2D eigenvalue weighted by Gasteiger charge is -2.25. The number of hydrogen-bond donors (Lipinski definition) is 3. The zero-order chi connectivity index (χ0) is 21.1. The number of nitrogens with one attached hydrogen (secondary N) is 1. The largest absolute Gasteiger partial charge is 0.481 e. The van der Waals surface area contributed by atoms with Crippen LogP contribution in [-0.2, 0) is 30.3 Å². The third kappa shape index (κ3) is 8.07. The van der Waals surface area contributed by atoms with Crippen molar-refractivity contribution in [2.75, 3.05) is 25.5 Å². The van der Waals surface area contributed by atoms with Crippen LogP contribution in [-0.4, -0.2) is 65.2 Å². The molecule has 0 spiro atoms. The number of carbonyl (C=O) groups is 4. The van der Waals surface area contributed by atoms with Crippen LogP contribution in [0.1, 0.15) is 31.7 Å². The first-order chi connectivity index (χ1) is 13.2. The number of aliphatic carboxylic acids is 2. The van der Waals surface area contributed by atoms with Gasteiger partial charge in [0.15, 0.2) is 0 Å². The van der Waals surface area contributed by atoms with Gasteiger partial charge in [0.2, 0.25) is 5.91 Å². The Kier molecular flexibility index (Phi) is 9.49. The van der Waals surface area contributed by atoms with Crippen LogP contribution in [0.5, 0.6) is 0 Å². The third-order valence-corrected chi connectivity index (χ3v) is 4.05. The summed E-state index contributed by atoms with van der Waals surface area (Å²) in [7, 11) is 1.22. The van der Waals surface area contributed by atoms with E-state index in [0.717, 1.165) is 10.5 Å². The monoisotopic (exact) mass is 394 g/mol. The smallest absolute Gasteiger partial charge is 0.323 e. The van der Waals surface area contributed by atoms with E-state index in [4.69, 9.17) is 10.2 Å². The van der Waals surface area contributed by atoms with Gasteiger partial charge in [-0.05, 0) is 31.4 Å². The number of ether oxygens (including phenoxy) is 1. The zero-order valence-corrected chi connectivity index (χ0v) is 16.0. The molecule has 28 heavy (non-hydrogen) atoms. The molecule has 9 heteroatoms. The molecule has 9 nitrogen and oxygen atoms in total. The highest BCUT2D eigenvalue weighted by Crippen LogP contribution is 2.19. The van der Waals surface area contributed by atoms with Crippen LogP contribution in [0.2, 0.25) is 0 Å². The standard InChI is InChI=1S/C19H26N2O7/c1-13(19(27)21(12-17(24)25)11-10-18(26)28-2)20-15-8-4-3-6-14(15)7-5-9-16(22)23/h3-4,6,8,13,20H,5,7,9-12H2,1-2H3,(H,22,23)(H,24,25)/t13-/m0/s1. The van der Waals surface area contributed by atoms with Gasteiger partial charge in [-0.1, -0.05) is 18.2 Å². The summed E-state index contributed by atoms with van der Waals surface area (Å²) in [5, 5.41) is 20.9. The van der Waals surface area contributed by atoms with Crippen LogP contribution in [0, 0.1) is 0 Å². The molecule has 0 aliphatic carbocycles. The molecule has 0 aliphatic heterocycles. The molecule has 0 heterocycles. The number of aryl methyl sites for hydroxylation is 1. The van der Waals surface area contributed by atoms with Crippen LogP contribution < -0.4 is 5.32 Å². The fraction of sp³-hybridized carbons (Fsp3) is 0.474. The molecule has 0 aromatic heterocycles. The van der Waals surface area contributed by atoms with Crippen molar-refractivity contribution in [1.82, 2.24) is 4.90 Å². The lowest BCUT2D eigenvalue weighted by Crippen LogP contribution is -2.44. The summed E-state index contributed by atoms with van der Waals surface area (Å²) in [6.45, 7) is 1.01. The van der Waals surface area contributed by atoms with Crippen molar-refractivity contribution in [1.29, 1.82) is 0 Å². The minimum absolute atomic E-state index is 0.0444. The Bertz CT molecular complexity index is 705. The van der Waals surface area contributed by atoms with E-state index < -0.39 is 36.4 Å². The number of carboxylic acids is 2. The molecular formula is C19H26N2O7. The van der Waals surface area contributed by atoms with Crippen LogP contribution in [0.4, 0.5) is 5.69 Å². The number of anilines is 1. The van der Waals surface area contributed by atoms with Gasteiger partial charge < -0.3 is 25.2 Å². The highest BCUT2D eigenvalue weighted by molar-refractivity contribution is 5.87. The number of amides is 1. The highest BCUT2D eigenvalue weighted by Gasteiger charge is 2.23. The molecule has 1 aromatic rings. The summed E-state index contributed by atoms with van der Waals surface area (Å²) in [4.78, 5) is 46.8. The number of carbonyl (C=O) groups excluding carboxylic acids is 2. The van der Waals surface area contributed by atoms with Crippen molar-refractivity contribution in [3.8, 4) is 0 Å². The molecule has 0 bridgehead atoms. The summed E-state index contributed by atoms with van der Waals surface area (Å²) in [6.07, 6.45) is 0.926. The van der Waals surface area contributed by atoms with Crippen molar-refractivity contribution < 1.29 is 34.1 Å². The van der Waals surface area contributed by atoms with Gasteiger partial charge in [0.1, 0.15) is 12.6 Å². The normalized spacial score (nSPS) is 11.4. The Balaban J connectivity index is 2.81. The number of carboxylic acid groups (broad SMARTS) is 2. The number of para-hydroxylation sites is 1. The van der Waals surface area contributed by atoms with Crippen LogP contribution in [0.15, 0.2) is 24.3 Å². The van der Waals surface area contributed by atoms with Crippen molar-refractivity contribution in [3.05, 3.63) is 29.8 Å². The summed E-state index contributed by atoms with van der Waals surface area (Å²) in [5.41, 5.74) is 1.54. The van der Waals surface area contributed by atoms with Gasteiger partial charge in [0.25, 0.3) is 0 Å². The van der Waals surface area contributed by atoms with Gasteiger partial charge in [-0.25, -0.2) is 0 Å². The quantitative estimate of drug-likeness (QED) is 0.453. The van der Waals surface area contributed by atoms with Gasteiger partial charge in [0.05, 0.1) is 13.5 Å².